The molecule has 0 radical (unpaired) electrons. The summed E-state index contributed by atoms with van der Waals surface area (Å²) in [6.45, 7) is 1.03. The maximum atomic E-state index is 12.3. The molecule has 186 valence electrons. The van der Waals surface area contributed by atoms with Gasteiger partial charge in [0.15, 0.2) is 11.4 Å². The molecule has 1 amide bonds. The summed E-state index contributed by atoms with van der Waals surface area (Å²) in [7, 11) is -10.4. The summed E-state index contributed by atoms with van der Waals surface area (Å²) in [5, 5.41) is 19.5. The van der Waals surface area contributed by atoms with Gasteiger partial charge < -0.3 is 10.4 Å². The Kier molecular flexibility index (Phi) is 7.20. The van der Waals surface area contributed by atoms with Gasteiger partial charge in [-0.3, -0.25) is 23.2 Å². The molecule has 0 saturated heterocycles. The van der Waals surface area contributed by atoms with Gasteiger partial charge in [-0.05, 0) is 24.3 Å². The Morgan fingerprint density at radius 3 is 2.11 bits per heavy atom. The van der Waals surface area contributed by atoms with Crippen LogP contribution in [0, 0.1) is 0 Å². The zero-order valence-electron chi connectivity index (χ0n) is 17.4. The number of azo groups is 1. The first kappa shape index (κ1) is 26.1. The Labute approximate surface area is 200 Å². The lowest BCUT2D eigenvalue weighted by Crippen LogP contribution is -2.13. The topological polar surface area (TPSA) is 232 Å². The largest absolute Gasteiger partial charge is 0.505 e. The molecule has 0 aliphatic carbocycles. The van der Waals surface area contributed by atoms with Crippen LogP contribution in [0.3, 0.4) is 0 Å². The zero-order valence-corrected chi connectivity index (χ0v) is 19.8. The predicted molar refractivity (Wildman–Crippen MR) is 125 cm³/mol. The molecule has 3 aromatic rings. The number of anilines is 2. The number of hydrogen-bond donors (Lipinski definition) is 6. The number of carbonyl (C=O) groups excluding carboxylic acids is 1. The lowest BCUT2D eigenvalue weighted by Gasteiger charge is -2.17. The van der Waals surface area contributed by atoms with Crippen LogP contribution in [-0.2, 0) is 36.3 Å². The van der Waals surface area contributed by atoms with E-state index in [2.05, 4.69) is 15.5 Å². The summed E-state index contributed by atoms with van der Waals surface area (Å²) in [6.07, 6.45) is 0. The fourth-order valence-electron chi connectivity index (χ4n) is 3.09. The van der Waals surface area contributed by atoms with E-state index in [0.29, 0.717) is 6.07 Å². The van der Waals surface area contributed by atoms with Crippen LogP contribution >= 0.6 is 0 Å². The molecule has 1 atom stereocenters. The molecule has 0 aliphatic rings. The second-order valence-corrected chi connectivity index (χ2v) is 10.3. The number of nitrogens with one attached hydrogen (secondary N) is 2. The van der Waals surface area contributed by atoms with Crippen LogP contribution in [0.15, 0.2) is 62.5 Å². The van der Waals surface area contributed by atoms with Crippen LogP contribution < -0.4 is 10.0 Å². The number of nitrogens with zero attached hydrogens (tertiary/aromatic N) is 2. The molecule has 0 fully saturated rings. The molecule has 1 unspecified atom stereocenters. The predicted octanol–water partition coefficient (Wildman–Crippen LogP) is 2.96. The first-order valence-corrected chi connectivity index (χ1v) is 13.1. The van der Waals surface area contributed by atoms with Gasteiger partial charge in [0.1, 0.15) is 9.79 Å². The lowest BCUT2D eigenvalue weighted by atomic mass is 10.0. The average molecular weight is 545 g/mol. The second kappa shape index (κ2) is 9.64. The van der Waals surface area contributed by atoms with Crippen LogP contribution in [0.5, 0.6) is 5.75 Å². The molecular weight excluding hydrogens is 528 g/mol. The lowest BCUT2D eigenvalue weighted by molar-refractivity contribution is -0.114. The van der Waals surface area contributed by atoms with Gasteiger partial charge in [0.2, 0.25) is 5.91 Å². The van der Waals surface area contributed by atoms with Crippen molar-refractivity contribution in [2.24, 2.45) is 10.2 Å². The number of amides is 1. The zero-order chi connectivity index (χ0) is 26.1. The molecule has 3 rings (SSSR count). The van der Waals surface area contributed by atoms with E-state index < -0.39 is 75.4 Å². The van der Waals surface area contributed by atoms with Crippen molar-refractivity contribution >= 4 is 70.9 Å². The molecule has 17 heteroatoms. The molecule has 0 aliphatic heterocycles. The normalized spacial score (nSPS) is 13.1. The van der Waals surface area contributed by atoms with Crippen LogP contribution in [-0.4, -0.2) is 45.7 Å². The van der Waals surface area contributed by atoms with E-state index in [1.165, 1.54) is 12.1 Å². The third-order valence-corrected chi connectivity index (χ3v) is 6.55. The van der Waals surface area contributed by atoms with Crippen LogP contribution in [0.2, 0.25) is 0 Å². The van der Waals surface area contributed by atoms with Gasteiger partial charge in [-0.15, -0.1) is 5.11 Å². The molecule has 0 saturated carbocycles. The maximum absolute atomic E-state index is 12.3. The summed E-state index contributed by atoms with van der Waals surface area (Å²) in [4.78, 5) is 9.41. The second-order valence-electron chi connectivity index (χ2n) is 6.81. The number of aromatic hydroxyl groups is 1. The highest BCUT2D eigenvalue weighted by atomic mass is 32.2. The van der Waals surface area contributed by atoms with Crippen LogP contribution in [0.4, 0.5) is 22.7 Å². The summed E-state index contributed by atoms with van der Waals surface area (Å²) < 4.78 is 90.6. The number of phenols is 1. The van der Waals surface area contributed by atoms with Crippen molar-refractivity contribution in [1.82, 2.24) is 0 Å². The quantitative estimate of drug-likeness (QED) is 0.110. The fraction of sp³-hybridized carbons (Fsp3) is 0.0556. The number of carbonyl (C=O) groups is 1. The summed E-state index contributed by atoms with van der Waals surface area (Å²) in [6, 6.07) is 9.25. The molecule has 35 heavy (non-hydrogen) atoms. The Balaban J connectivity index is 2.55. The Morgan fingerprint density at radius 2 is 1.60 bits per heavy atom. The number of fused-ring (bicyclic) bond motifs is 1. The molecule has 6 N–H and O–H groups in total. The minimum Gasteiger partial charge on any atom is -0.505 e. The number of benzene rings is 3. The molecular formula is C18H16N4O10S3. The van der Waals surface area contributed by atoms with E-state index in [-0.39, 0.29) is 11.1 Å². The molecule has 0 aromatic heterocycles. The fourth-order valence-corrected chi connectivity index (χ4v) is 5.00. The van der Waals surface area contributed by atoms with E-state index in [9.17, 15) is 44.6 Å². The molecule has 14 nitrogen and oxygen atoms in total. The number of rotatable bonds is 7. The van der Waals surface area contributed by atoms with Gasteiger partial charge in [0.25, 0.3) is 31.5 Å². The summed E-state index contributed by atoms with van der Waals surface area (Å²) in [5.41, 5.74) is -2.02. The first-order valence-electron chi connectivity index (χ1n) is 9.13. The number of hydrogen-bond acceptors (Lipinski definition) is 9. The van der Waals surface area contributed by atoms with Crippen molar-refractivity contribution in [2.45, 2.75) is 16.7 Å². The van der Waals surface area contributed by atoms with Gasteiger partial charge in [0.05, 0.1) is 17.1 Å². The van der Waals surface area contributed by atoms with Crippen molar-refractivity contribution in [2.75, 3.05) is 10.0 Å². The van der Waals surface area contributed by atoms with E-state index in [4.69, 9.17) is 0 Å². The summed E-state index contributed by atoms with van der Waals surface area (Å²) >= 11 is -2.98. The molecule has 0 bridgehead atoms. The van der Waals surface area contributed by atoms with Crippen molar-refractivity contribution < 1.29 is 44.6 Å². The van der Waals surface area contributed by atoms with E-state index in [0.717, 1.165) is 13.0 Å². The maximum Gasteiger partial charge on any atom is 0.299 e. The van der Waals surface area contributed by atoms with Crippen molar-refractivity contribution in [3.63, 3.8) is 0 Å². The minimum absolute atomic E-state index is 0.203. The van der Waals surface area contributed by atoms with Gasteiger partial charge >= 0.3 is 0 Å². The highest BCUT2D eigenvalue weighted by Crippen LogP contribution is 2.48. The highest BCUT2D eigenvalue weighted by molar-refractivity contribution is 7.86. The van der Waals surface area contributed by atoms with Crippen molar-refractivity contribution in [3.8, 4) is 5.75 Å². The first-order chi connectivity index (χ1) is 16.2. The smallest absolute Gasteiger partial charge is 0.299 e. The van der Waals surface area contributed by atoms with E-state index in [1.54, 1.807) is 18.2 Å². The average Bonchev–Trinajstić information content (AvgIpc) is 2.72. The van der Waals surface area contributed by atoms with Gasteiger partial charge in [-0.2, -0.15) is 21.9 Å². The van der Waals surface area contributed by atoms with Crippen LogP contribution in [0.1, 0.15) is 6.92 Å². The van der Waals surface area contributed by atoms with Gasteiger partial charge in [-0.1, -0.05) is 18.2 Å². The van der Waals surface area contributed by atoms with Gasteiger partial charge in [0, 0.05) is 17.7 Å². The third kappa shape index (κ3) is 5.78. The number of phenolic OH excluding ortho intramolecular Hbond substituents is 1. The standard InChI is InChI=1S/C18H16N4O10S3/c1-9(23)19-13-7-12-11(8-14(13)34(27,28)29)15(22-33(25)26)18(35(30,31)32)16(17(12)24)21-20-10-5-3-2-4-6-10/h2-8,22,24H,1H3,(H,19,23)(H,25,26)(H,27,28,29)(H,30,31,32). The SMILES string of the molecule is CC(=O)Nc1cc2c(O)c(N=Nc3ccccc3)c(S(=O)(=O)O)c(NS(=O)O)c2cc1S(=O)(=O)O. The third-order valence-electron chi connectivity index (χ3n) is 4.37. The Hall–Kier alpha value is -3.48. The Morgan fingerprint density at radius 1 is 0.971 bits per heavy atom. The molecule has 0 spiro atoms. The van der Waals surface area contributed by atoms with Crippen molar-refractivity contribution in [3.05, 3.63) is 42.5 Å². The highest BCUT2D eigenvalue weighted by Gasteiger charge is 2.31. The minimum atomic E-state index is -5.31. The summed E-state index contributed by atoms with van der Waals surface area (Å²) in [5.74, 6) is -1.71. The molecule has 0 heterocycles. The van der Waals surface area contributed by atoms with Crippen LogP contribution in [0.25, 0.3) is 10.8 Å². The van der Waals surface area contributed by atoms with Crippen molar-refractivity contribution in [1.29, 1.82) is 0 Å². The molecule has 3 aromatic carbocycles. The van der Waals surface area contributed by atoms with E-state index >= 15 is 0 Å². The Bertz CT molecular complexity index is 1600. The van der Waals surface area contributed by atoms with E-state index in [1.807, 2.05) is 4.72 Å². The van der Waals surface area contributed by atoms with Gasteiger partial charge in [-0.25, -0.2) is 4.21 Å². The monoisotopic (exact) mass is 544 g/mol.